The van der Waals surface area contributed by atoms with Crippen molar-refractivity contribution in [1.29, 1.82) is 0 Å². The highest BCUT2D eigenvalue weighted by Crippen LogP contribution is 2.51. The molecule has 0 aromatic rings. The molecule has 1 saturated carbocycles. The Morgan fingerprint density at radius 3 is 2.38 bits per heavy atom. The van der Waals surface area contributed by atoms with E-state index in [2.05, 4.69) is 25.6 Å². The zero-order chi connectivity index (χ0) is 9.31. The summed E-state index contributed by atoms with van der Waals surface area (Å²) in [5.74, 6) is 4.84. The van der Waals surface area contributed by atoms with Gasteiger partial charge >= 0.3 is 0 Å². The summed E-state index contributed by atoms with van der Waals surface area (Å²) in [5.41, 5.74) is 0.806. The van der Waals surface area contributed by atoms with E-state index in [0.29, 0.717) is 0 Å². The van der Waals surface area contributed by atoms with Crippen molar-refractivity contribution in [2.24, 2.45) is 17.3 Å². The largest absolute Gasteiger partial charge is 0.162 e. The molecule has 2 fully saturated rings. The highest BCUT2D eigenvalue weighted by atomic mass is 32.2. The summed E-state index contributed by atoms with van der Waals surface area (Å²) in [4.78, 5) is 0. The smallest absolute Gasteiger partial charge is 0.00622 e. The Balaban J connectivity index is 1.94. The highest BCUT2D eigenvalue weighted by Gasteiger charge is 2.40. The third-order valence-electron chi connectivity index (χ3n) is 4.24. The van der Waals surface area contributed by atoms with E-state index in [1.54, 1.807) is 6.42 Å². The zero-order valence-corrected chi connectivity index (χ0v) is 9.83. The van der Waals surface area contributed by atoms with Crippen molar-refractivity contribution in [3.05, 3.63) is 0 Å². The van der Waals surface area contributed by atoms with Crippen LogP contribution >= 0.6 is 11.8 Å². The van der Waals surface area contributed by atoms with Crippen LogP contribution in [0.4, 0.5) is 0 Å². The summed E-state index contributed by atoms with van der Waals surface area (Å²) in [6.07, 6.45) is 7.63. The Morgan fingerprint density at radius 1 is 1.15 bits per heavy atom. The van der Waals surface area contributed by atoms with Gasteiger partial charge in [-0.25, -0.2) is 0 Å². The van der Waals surface area contributed by atoms with Crippen LogP contribution in [0, 0.1) is 17.3 Å². The molecule has 0 N–H and O–H groups in total. The molecule has 0 amide bonds. The molecule has 0 aromatic heterocycles. The van der Waals surface area contributed by atoms with Gasteiger partial charge in [0.05, 0.1) is 0 Å². The average molecular weight is 198 g/mol. The van der Waals surface area contributed by atoms with Gasteiger partial charge in [0.2, 0.25) is 0 Å². The standard InChI is InChI=1S/C12H22S/c1-10(2)11-3-4-12(9-11)5-7-13-8-6-12/h10-11H,3-9H2,1-2H3. The first-order valence-corrected chi connectivity index (χ1v) is 6.95. The molecule has 1 saturated heterocycles. The lowest BCUT2D eigenvalue weighted by Gasteiger charge is -2.33. The zero-order valence-electron chi connectivity index (χ0n) is 9.01. The van der Waals surface area contributed by atoms with E-state index >= 15 is 0 Å². The number of hydrogen-bond acceptors (Lipinski definition) is 1. The third-order valence-corrected chi connectivity index (χ3v) is 5.22. The molecule has 13 heavy (non-hydrogen) atoms. The second-order valence-electron chi connectivity index (χ2n) is 5.36. The SMILES string of the molecule is CC(C)C1CCC2(CCSCC2)C1. The summed E-state index contributed by atoms with van der Waals surface area (Å²) in [6, 6.07) is 0. The van der Waals surface area contributed by atoms with Crippen LogP contribution in [0.2, 0.25) is 0 Å². The van der Waals surface area contributed by atoms with Crippen LogP contribution in [0.3, 0.4) is 0 Å². The number of rotatable bonds is 1. The minimum atomic E-state index is 0.806. The molecule has 1 spiro atoms. The Kier molecular flexibility index (Phi) is 2.92. The molecule has 2 rings (SSSR count). The molecule has 1 heterocycles. The topological polar surface area (TPSA) is 0 Å². The van der Waals surface area contributed by atoms with E-state index in [0.717, 1.165) is 17.3 Å². The summed E-state index contributed by atoms with van der Waals surface area (Å²) in [6.45, 7) is 4.81. The molecule has 0 radical (unpaired) electrons. The highest BCUT2D eigenvalue weighted by molar-refractivity contribution is 7.99. The van der Waals surface area contributed by atoms with Crippen LogP contribution in [-0.4, -0.2) is 11.5 Å². The van der Waals surface area contributed by atoms with Crippen LogP contribution < -0.4 is 0 Å². The lowest BCUT2D eigenvalue weighted by molar-refractivity contribution is 0.245. The Bertz CT molecular complexity index is 168. The van der Waals surface area contributed by atoms with Gasteiger partial charge in [-0.3, -0.25) is 0 Å². The van der Waals surface area contributed by atoms with Crippen LogP contribution in [0.1, 0.15) is 46.0 Å². The van der Waals surface area contributed by atoms with E-state index in [1.165, 1.54) is 37.2 Å². The molecule has 1 aliphatic carbocycles. The molecule has 76 valence electrons. The van der Waals surface area contributed by atoms with Gasteiger partial charge in [-0.1, -0.05) is 13.8 Å². The molecule has 1 aliphatic heterocycles. The molecule has 0 bridgehead atoms. The summed E-state index contributed by atoms with van der Waals surface area (Å²) in [7, 11) is 0. The molecule has 1 heteroatoms. The second-order valence-corrected chi connectivity index (χ2v) is 6.58. The first-order valence-electron chi connectivity index (χ1n) is 5.80. The Labute approximate surface area is 86.9 Å². The fourth-order valence-corrected chi connectivity index (χ4v) is 4.44. The van der Waals surface area contributed by atoms with Crippen molar-refractivity contribution in [2.45, 2.75) is 46.0 Å². The molecule has 0 nitrogen and oxygen atoms in total. The van der Waals surface area contributed by atoms with Crippen molar-refractivity contribution in [1.82, 2.24) is 0 Å². The van der Waals surface area contributed by atoms with Gasteiger partial charge in [0, 0.05) is 0 Å². The van der Waals surface area contributed by atoms with Gasteiger partial charge in [-0.15, -0.1) is 0 Å². The normalized spacial score (nSPS) is 33.0. The lowest BCUT2D eigenvalue weighted by atomic mass is 9.78. The first-order chi connectivity index (χ1) is 6.22. The van der Waals surface area contributed by atoms with Gasteiger partial charge in [-0.2, -0.15) is 11.8 Å². The van der Waals surface area contributed by atoms with Crippen LogP contribution in [0.15, 0.2) is 0 Å². The van der Waals surface area contributed by atoms with E-state index in [9.17, 15) is 0 Å². The minimum absolute atomic E-state index is 0.806. The van der Waals surface area contributed by atoms with Crippen molar-refractivity contribution < 1.29 is 0 Å². The van der Waals surface area contributed by atoms with Gasteiger partial charge in [-0.05, 0) is 60.9 Å². The second kappa shape index (κ2) is 3.84. The summed E-state index contributed by atoms with van der Waals surface area (Å²) < 4.78 is 0. The van der Waals surface area contributed by atoms with Gasteiger partial charge < -0.3 is 0 Å². The molecule has 1 unspecified atom stereocenters. The van der Waals surface area contributed by atoms with Gasteiger partial charge in [0.1, 0.15) is 0 Å². The Hall–Kier alpha value is 0.350. The van der Waals surface area contributed by atoms with E-state index in [1.807, 2.05) is 0 Å². The first kappa shape index (κ1) is 9.89. The van der Waals surface area contributed by atoms with Gasteiger partial charge in [0.15, 0.2) is 0 Å². The van der Waals surface area contributed by atoms with Crippen LogP contribution in [-0.2, 0) is 0 Å². The maximum atomic E-state index is 2.40. The maximum Gasteiger partial charge on any atom is -0.00622 e. The molecule has 1 atom stereocenters. The maximum absolute atomic E-state index is 2.40. The van der Waals surface area contributed by atoms with Crippen molar-refractivity contribution in [3.63, 3.8) is 0 Å². The van der Waals surface area contributed by atoms with Crippen LogP contribution in [0.5, 0.6) is 0 Å². The van der Waals surface area contributed by atoms with Crippen molar-refractivity contribution in [3.8, 4) is 0 Å². The predicted molar refractivity (Wildman–Crippen MR) is 61.2 cm³/mol. The Morgan fingerprint density at radius 2 is 1.85 bits per heavy atom. The third kappa shape index (κ3) is 2.06. The number of hydrogen-bond donors (Lipinski definition) is 0. The number of thioether (sulfide) groups is 1. The fraction of sp³-hybridized carbons (Fsp3) is 1.00. The van der Waals surface area contributed by atoms with E-state index < -0.39 is 0 Å². The fourth-order valence-electron chi connectivity index (χ4n) is 3.08. The van der Waals surface area contributed by atoms with Gasteiger partial charge in [0.25, 0.3) is 0 Å². The quantitative estimate of drug-likeness (QED) is 0.614. The van der Waals surface area contributed by atoms with Crippen molar-refractivity contribution >= 4 is 11.8 Å². The van der Waals surface area contributed by atoms with E-state index in [-0.39, 0.29) is 0 Å². The van der Waals surface area contributed by atoms with Crippen LogP contribution in [0.25, 0.3) is 0 Å². The van der Waals surface area contributed by atoms with E-state index in [4.69, 9.17) is 0 Å². The summed E-state index contributed by atoms with van der Waals surface area (Å²) in [5, 5.41) is 0. The molecular weight excluding hydrogens is 176 g/mol. The monoisotopic (exact) mass is 198 g/mol. The lowest BCUT2D eigenvalue weighted by Crippen LogP contribution is -2.23. The minimum Gasteiger partial charge on any atom is -0.162 e. The molecule has 0 aromatic carbocycles. The molecular formula is C12H22S. The predicted octanol–water partition coefficient (Wildman–Crippen LogP) is 3.96. The molecule has 2 aliphatic rings. The summed E-state index contributed by atoms with van der Waals surface area (Å²) >= 11 is 2.17. The average Bonchev–Trinajstić information content (AvgIpc) is 2.51. The van der Waals surface area contributed by atoms with Crippen molar-refractivity contribution in [2.75, 3.05) is 11.5 Å².